The number of halogens is 1. The Morgan fingerprint density at radius 2 is 1.77 bits per heavy atom. The molecular formula is C21H25FN2O2. The first kappa shape index (κ1) is 18.4. The van der Waals surface area contributed by atoms with Crippen LogP contribution in [0.15, 0.2) is 48.5 Å². The third kappa shape index (κ3) is 5.05. The average molecular weight is 356 g/mol. The van der Waals surface area contributed by atoms with Gasteiger partial charge in [-0.25, -0.2) is 4.39 Å². The van der Waals surface area contributed by atoms with Crippen molar-refractivity contribution in [2.75, 3.05) is 33.3 Å². The second-order valence-electron chi connectivity index (χ2n) is 6.63. The number of piperazine rings is 1. The van der Waals surface area contributed by atoms with Crippen LogP contribution in [0, 0.1) is 5.82 Å². The SMILES string of the molecule is COc1cccc(CCC(=O)N2CCN(Cc3ccc(F)cc3)CC2)c1. The maximum Gasteiger partial charge on any atom is 0.222 e. The van der Waals surface area contributed by atoms with Gasteiger partial charge in [-0.2, -0.15) is 0 Å². The number of hydrogen-bond donors (Lipinski definition) is 0. The minimum Gasteiger partial charge on any atom is -0.497 e. The number of rotatable bonds is 6. The van der Waals surface area contributed by atoms with Crippen molar-refractivity contribution >= 4 is 5.91 Å². The number of ether oxygens (including phenoxy) is 1. The van der Waals surface area contributed by atoms with Gasteiger partial charge in [0.15, 0.2) is 0 Å². The molecule has 0 bridgehead atoms. The van der Waals surface area contributed by atoms with Crippen molar-refractivity contribution in [3.05, 3.63) is 65.5 Å². The van der Waals surface area contributed by atoms with Gasteiger partial charge in [0.25, 0.3) is 0 Å². The number of benzene rings is 2. The molecular weight excluding hydrogens is 331 g/mol. The van der Waals surface area contributed by atoms with Crippen LogP contribution < -0.4 is 4.74 Å². The van der Waals surface area contributed by atoms with Crippen molar-refractivity contribution in [3.8, 4) is 5.75 Å². The number of hydrogen-bond acceptors (Lipinski definition) is 3. The predicted molar refractivity (Wildman–Crippen MR) is 99.6 cm³/mol. The molecule has 1 heterocycles. The first-order chi connectivity index (χ1) is 12.6. The van der Waals surface area contributed by atoms with Gasteiger partial charge in [-0.15, -0.1) is 0 Å². The molecule has 4 nitrogen and oxygen atoms in total. The number of carbonyl (C=O) groups excluding carboxylic acids is 1. The molecule has 1 saturated heterocycles. The van der Waals surface area contributed by atoms with Crippen molar-refractivity contribution in [1.29, 1.82) is 0 Å². The number of amides is 1. The highest BCUT2D eigenvalue weighted by Gasteiger charge is 2.20. The van der Waals surface area contributed by atoms with E-state index in [0.717, 1.165) is 56.0 Å². The smallest absolute Gasteiger partial charge is 0.222 e. The van der Waals surface area contributed by atoms with Crippen LogP contribution in [-0.2, 0) is 17.8 Å². The Labute approximate surface area is 154 Å². The van der Waals surface area contributed by atoms with Crippen molar-refractivity contribution in [2.45, 2.75) is 19.4 Å². The van der Waals surface area contributed by atoms with Gasteiger partial charge in [0.1, 0.15) is 11.6 Å². The Bertz CT molecular complexity index is 725. The lowest BCUT2D eigenvalue weighted by molar-refractivity contribution is -0.133. The zero-order chi connectivity index (χ0) is 18.4. The fourth-order valence-corrected chi connectivity index (χ4v) is 3.24. The minimum absolute atomic E-state index is 0.203. The standard InChI is InChI=1S/C21H25FN2O2/c1-26-20-4-2-3-17(15-20)7-10-21(25)24-13-11-23(12-14-24)16-18-5-8-19(22)9-6-18/h2-6,8-9,15H,7,10-14,16H2,1H3. The normalized spacial score (nSPS) is 15.1. The molecule has 138 valence electrons. The molecule has 2 aromatic rings. The molecule has 0 spiro atoms. The average Bonchev–Trinajstić information content (AvgIpc) is 2.68. The largest absolute Gasteiger partial charge is 0.497 e. The Morgan fingerprint density at radius 1 is 1.04 bits per heavy atom. The molecule has 1 amide bonds. The second-order valence-corrected chi connectivity index (χ2v) is 6.63. The maximum absolute atomic E-state index is 13.0. The van der Waals surface area contributed by atoms with E-state index in [1.165, 1.54) is 12.1 Å². The quantitative estimate of drug-likeness (QED) is 0.797. The maximum atomic E-state index is 13.0. The van der Waals surface area contributed by atoms with E-state index in [9.17, 15) is 9.18 Å². The topological polar surface area (TPSA) is 32.8 Å². The third-order valence-corrected chi connectivity index (χ3v) is 4.81. The number of methoxy groups -OCH3 is 1. The van der Waals surface area contributed by atoms with E-state index in [0.29, 0.717) is 6.42 Å². The van der Waals surface area contributed by atoms with E-state index < -0.39 is 0 Å². The summed E-state index contributed by atoms with van der Waals surface area (Å²) in [5.41, 5.74) is 2.22. The van der Waals surface area contributed by atoms with Gasteiger partial charge in [0.05, 0.1) is 7.11 Å². The van der Waals surface area contributed by atoms with Gasteiger partial charge in [0.2, 0.25) is 5.91 Å². The summed E-state index contributed by atoms with van der Waals surface area (Å²) in [6.45, 7) is 3.99. The van der Waals surface area contributed by atoms with Crippen LogP contribution in [0.1, 0.15) is 17.5 Å². The molecule has 1 aliphatic rings. The van der Waals surface area contributed by atoms with Crippen molar-refractivity contribution in [2.24, 2.45) is 0 Å². The number of aryl methyl sites for hydroxylation is 1. The minimum atomic E-state index is -0.208. The zero-order valence-electron chi connectivity index (χ0n) is 15.2. The Kier molecular flexibility index (Phi) is 6.23. The molecule has 0 N–H and O–H groups in total. The highest BCUT2D eigenvalue weighted by atomic mass is 19.1. The Hall–Kier alpha value is -2.40. The van der Waals surface area contributed by atoms with E-state index in [1.54, 1.807) is 7.11 Å². The fraction of sp³-hybridized carbons (Fsp3) is 0.381. The summed E-state index contributed by atoms with van der Waals surface area (Å²) in [6.07, 6.45) is 1.25. The molecule has 3 rings (SSSR count). The highest BCUT2D eigenvalue weighted by molar-refractivity contribution is 5.76. The van der Waals surface area contributed by atoms with E-state index in [1.807, 2.05) is 41.3 Å². The van der Waals surface area contributed by atoms with Crippen molar-refractivity contribution in [3.63, 3.8) is 0 Å². The molecule has 0 aliphatic carbocycles. The lowest BCUT2D eigenvalue weighted by Crippen LogP contribution is -2.48. The molecule has 5 heteroatoms. The molecule has 1 aliphatic heterocycles. The zero-order valence-corrected chi connectivity index (χ0v) is 15.2. The number of nitrogens with zero attached hydrogens (tertiary/aromatic N) is 2. The molecule has 0 atom stereocenters. The van der Waals surface area contributed by atoms with E-state index in [4.69, 9.17) is 4.74 Å². The van der Waals surface area contributed by atoms with Crippen LogP contribution in [0.2, 0.25) is 0 Å². The highest BCUT2D eigenvalue weighted by Crippen LogP contribution is 2.15. The number of carbonyl (C=O) groups is 1. The fourth-order valence-electron chi connectivity index (χ4n) is 3.24. The molecule has 0 unspecified atom stereocenters. The Balaban J connectivity index is 1.43. The molecule has 0 radical (unpaired) electrons. The predicted octanol–water partition coefficient (Wildman–Crippen LogP) is 3.11. The van der Waals surface area contributed by atoms with E-state index in [-0.39, 0.29) is 11.7 Å². The van der Waals surface area contributed by atoms with Crippen LogP contribution >= 0.6 is 0 Å². The summed E-state index contributed by atoms with van der Waals surface area (Å²) < 4.78 is 18.2. The molecule has 26 heavy (non-hydrogen) atoms. The summed E-state index contributed by atoms with van der Waals surface area (Å²) in [5.74, 6) is 0.818. The van der Waals surface area contributed by atoms with Gasteiger partial charge in [0, 0.05) is 39.1 Å². The first-order valence-electron chi connectivity index (χ1n) is 9.01. The molecule has 2 aromatic carbocycles. The summed E-state index contributed by atoms with van der Waals surface area (Å²) in [5, 5.41) is 0. The summed E-state index contributed by atoms with van der Waals surface area (Å²) >= 11 is 0. The van der Waals surface area contributed by atoms with Crippen LogP contribution in [0.3, 0.4) is 0 Å². The van der Waals surface area contributed by atoms with Gasteiger partial charge < -0.3 is 9.64 Å². The molecule has 1 fully saturated rings. The molecule has 0 aromatic heterocycles. The summed E-state index contributed by atoms with van der Waals surface area (Å²) in [4.78, 5) is 16.7. The lowest BCUT2D eigenvalue weighted by Gasteiger charge is -2.34. The summed E-state index contributed by atoms with van der Waals surface area (Å²) in [7, 11) is 1.65. The first-order valence-corrected chi connectivity index (χ1v) is 9.01. The third-order valence-electron chi connectivity index (χ3n) is 4.81. The van der Waals surface area contributed by atoms with Crippen molar-refractivity contribution < 1.29 is 13.9 Å². The van der Waals surface area contributed by atoms with Crippen LogP contribution in [0.25, 0.3) is 0 Å². The second kappa shape index (κ2) is 8.81. The van der Waals surface area contributed by atoms with Gasteiger partial charge in [-0.3, -0.25) is 9.69 Å². The van der Waals surface area contributed by atoms with Gasteiger partial charge in [-0.05, 0) is 41.8 Å². The lowest BCUT2D eigenvalue weighted by atomic mass is 10.1. The van der Waals surface area contributed by atoms with Gasteiger partial charge >= 0.3 is 0 Å². The van der Waals surface area contributed by atoms with Crippen molar-refractivity contribution in [1.82, 2.24) is 9.80 Å². The monoisotopic (exact) mass is 356 g/mol. The van der Waals surface area contributed by atoms with Crippen LogP contribution in [0.4, 0.5) is 4.39 Å². The van der Waals surface area contributed by atoms with Crippen LogP contribution in [0.5, 0.6) is 5.75 Å². The summed E-state index contributed by atoms with van der Waals surface area (Å²) in [6, 6.07) is 14.5. The van der Waals surface area contributed by atoms with Crippen LogP contribution in [-0.4, -0.2) is 49.0 Å². The molecule has 0 saturated carbocycles. The van der Waals surface area contributed by atoms with E-state index in [2.05, 4.69) is 4.90 Å². The Morgan fingerprint density at radius 3 is 2.46 bits per heavy atom. The van der Waals surface area contributed by atoms with E-state index >= 15 is 0 Å². The van der Waals surface area contributed by atoms with Gasteiger partial charge in [-0.1, -0.05) is 24.3 Å².